The highest BCUT2D eigenvalue weighted by atomic mass is 16.5. The molecule has 3 rings (SSSR count). The van der Waals surface area contributed by atoms with Crippen molar-refractivity contribution in [2.75, 3.05) is 26.7 Å². The van der Waals surface area contributed by atoms with Crippen LogP contribution < -0.4 is 5.32 Å². The quantitative estimate of drug-likeness (QED) is 0.852. The Morgan fingerprint density at radius 3 is 2.73 bits per heavy atom. The minimum Gasteiger partial charge on any atom is -0.468 e. The molecule has 2 aromatic carbocycles. The Balaban J connectivity index is 1.71. The maximum atomic E-state index is 13.0. The maximum absolute atomic E-state index is 13.0. The second-order valence-corrected chi connectivity index (χ2v) is 6.41. The number of ether oxygens (including phenoxy) is 1. The summed E-state index contributed by atoms with van der Waals surface area (Å²) in [4.78, 5) is 38.2. The zero-order valence-corrected chi connectivity index (χ0v) is 14.7. The van der Waals surface area contributed by atoms with E-state index in [0.717, 1.165) is 17.2 Å². The van der Waals surface area contributed by atoms with Gasteiger partial charge in [0.15, 0.2) is 0 Å². The van der Waals surface area contributed by atoms with E-state index in [9.17, 15) is 14.4 Å². The molecule has 6 nitrogen and oxygen atoms in total. The van der Waals surface area contributed by atoms with Crippen molar-refractivity contribution >= 4 is 28.6 Å². The van der Waals surface area contributed by atoms with E-state index in [-0.39, 0.29) is 24.3 Å². The first-order valence-electron chi connectivity index (χ1n) is 8.71. The Kier molecular flexibility index (Phi) is 5.51. The van der Waals surface area contributed by atoms with Crippen LogP contribution in [0.2, 0.25) is 0 Å². The van der Waals surface area contributed by atoms with E-state index in [1.807, 2.05) is 42.5 Å². The van der Waals surface area contributed by atoms with Gasteiger partial charge >= 0.3 is 5.97 Å². The number of carbonyl (C=O) groups is 3. The number of benzene rings is 2. The topological polar surface area (TPSA) is 75.7 Å². The first-order valence-corrected chi connectivity index (χ1v) is 8.71. The third kappa shape index (κ3) is 3.85. The molecule has 1 aliphatic rings. The van der Waals surface area contributed by atoms with Crippen LogP contribution in [0.15, 0.2) is 42.5 Å². The van der Waals surface area contributed by atoms with Gasteiger partial charge in [-0.05, 0) is 29.7 Å². The molecule has 1 fully saturated rings. The fraction of sp³-hybridized carbons (Fsp3) is 0.350. The number of piperidine rings is 1. The van der Waals surface area contributed by atoms with Crippen molar-refractivity contribution in [3.8, 4) is 0 Å². The number of hydrogen-bond acceptors (Lipinski definition) is 4. The van der Waals surface area contributed by atoms with Crippen LogP contribution in [0.5, 0.6) is 0 Å². The average Bonchev–Trinajstić information content (AvgIpc) is 2.70. The summed E-state index contributed by atoms with van der Waals surface area (Å²) < 4.78 is 4.53. The number of likely N-dealkylation sites (tertiary alicyclic amines) is 1. The molecule has 1 saturated heterocycles. The standard InChI is InChI=1S/C20H22N2O4/c1-26-18(23)12-21-19(24)15-8-5-11-22(13-15)20(25)17-10-4-7-14-6-2-3-9-16(14)17/h2-4,6-7,9-10,15H,5,8,11-13H2,1H3,(H,21,24). The van der Waals surface area contributed by atoms with Crippen molar-refractivity contribution in [3.63, 3.8) is 0 Å². The first-order chi connectivity index (χ1) is 12.6. The molecule has 0 aliphatic carbocycles. The molecule has 1 aliphatic heterocycles. The van der Waals surface area contributed by atoms with Crippen LogP contribution >= 0.6 is 0 Å². The molecule has 0 aromatic heterocycles. The second-order valence-electron chi connectivity index (χ2n) is 6.41. The van der Waals surface area contributed by atoms with Crippen LogP contribution in [0.3, 0.4) is 0 Å². The third-order valence-electron chi connectivity index (χ3n) is 4.73. The Hall–Kier alpha value is -2.89. The number of nitrogens with zero attached hydrogens (tertiary/aromatic N) is 1. The third-order valence-corrected chi connectivity index (χ3v) is 4.73. The summed E-state index contributed by atoms with van der Waals surface area (Å²) in [6.45, 7) is 0.834. The molecule has 0 radical (unpaired) electrons. The first kappa shape index (κ1) is 17.9. The number of esters is 1. The van der Waals surface area contributed by atoms with Gasteiger partial charge in [-0.2, -0.15) is 0 Å². The largest absolute Gasteiger partial charge is 0.468 e. The highest BCUT2D eigenvalue weighted by Gasteiger charge is 2.29. The van der Waals surface area contributed by atoms with Crippen LogP contribution in [0.25, 0.3) is 10.8 Å². The SMILES string of the molecule is COC(=O)CNC(=O)C1CCCN(C(=O)c2cccc3ccccc23)C1. The summed E-state index contributed by atoms with van der Waals surface area (Å²) >= 11 is 0. The van der Waals surface area contributed by atoms with Gasteiger partial charge in [-0.1, -0.05) is 36.4 Å². The lowest BCUT2D eigenvalue weighted by atomic mass is 9.95. The number of hydrogen-bond donors (Lipinski definition) is 1. The van der Waals surface area contributed by atoms with Crippen molar-refractivity contribution in [2.24, 2.45) is 5.92 Å². The summed E-state index contributed by atoms with van der Waals surface area (Å²) in [5, 5.41) is 4.51. The van der Waals surface area contributed by atoms with Crippen molar-refractivity contribution in [1.29, 1.82) is 0 Å². The summed E-state index contributed by atoms with van der Waals surface area (Å²) in [5.41, 5.74) is 0.652. The van der Waals surface area contributed by atoms with Crippen molar-refractivity contribution in [2.45, 2.75) is 12.8 Å². The van der Waals surface area contributed by atoms with Gasteiger partial charge < -0.3 is 15.0 Å². The van der Waals surface area contributed by atoms with Crippen molar-refractivity contribution in [1.82, 2.24) is 10.2 Å². The van der Waals surface area contributed by atoms with Gasteiger partial charge in [-0.15, -0.1) is 0 Å². The van der Waals surface area contributed by atoms with Crippen LogP contribution in [-0.4, -0.2) is 49.4 Å². The second kappa shape index (κ2) is 7.99. The Morgan fingerprint density at radius 2 is 1.92 bits per heavy atom. The normalized spacial score (nSPS) is 17.0. The van der Waals surface area contributed by atoms with E-state index in [2.05, 4.69) is 10.1 Å². The lowest BCUT2D eigenvalue weighted by Crippen LogP contribution is -2.46. The maximum Gasteiger partial charge on any atom is 0.325 e. The molecular weight excluding hydrogens is 332 g/mol. The molecule has 2 aromatic rings. The Bertz CT molecular complexity index is 828. The summed E-state index contributed by atoms with van der Waals surface area (Å²) in [6.07, 6.45) is 1.46. The van der Waals surface area contributed by atoms with E-state index < -0.39 is 5.97 Å². The molecule has 136 valence electrons. The van der Waals surface area contributed by atoms with Gasteiger partial charge in [0.05, 0.1) is 13.0 Å². The van der Waals surface area contributed by atoms with Crippen molar-refractivity contribution < 1.29 is 19.1 Å². The molecule has 1 N–H and O–H groups in total. The lowest BCUT2D eigenvalue weighted by molar-refractivity contribution is -0.141. The van der Waals surface area contributed by atoms with E-state index in [4.69, 9.17) is 0 Å². The monoisotopic (exact) mass is 354 g/mol. The van der Waals surface area contributed by atoms with E-state index in [1.165, 1.54) is 7.11 Å². The summed E-state index contributed by atoms with van der Waals surface area (Å²) in [6, 6.07) is 13.5. The average molecular weight is 354 g/mol. The zero-order chi connectivity index (χ0) is 18.5. The molecule has 1 unspecified atom stereocenters. The number of methoxy groups -OCH3 is 1. The van der Waals surface area contributed by atoms with Gasteiger partial charge in [-0.25, -0.2) is 0 Å². The molecular formula is C20H22N2O4. The van der Waals surface area contributed by atoms with Crippen LogP contribution in [0, 0.1) is 5.92 Å². The molecule has 6 heteroatoms. The predicted octanol–water partition coefficient (Wildman–Crippen LogP) is 1.98. The zero-order valence-electron chi connectivity index (χ0n) is 14.7. The number of rotatable bonds is 4. The van der Waals surface area contributed by atoms with Gasteiger partial charge in [0.1, 0.15) is 6.54 Å². The lowest BCUT2D eigenvalue weighted by Gasteiger charge is -2.32. The van der Waals surface area contributed by atoms with E-state index in [1.54, 1.807) is 4.90 Å². The molecule has 26 heavy (non-hydrogen) atoms. The molecule has 0 saturated carbocycles. The fourth-order valence-electron chi connectivity index (χ4n) is 3.33. The van der Waals surface area contributed by atoms with Crippen LogP contribution in [-0.2, 0) is 14.3 Å². The predicted molar refractivity (Wildman–Crippen MR) is 97.6 cm³/mol. The Morgan fingerprint density at radius 1 is 1.15 bits per heavy atom. The molecule has 2 amide bonds. The minimum absolute atomic E-state index is 0.0627. The van der Waals surface area contributed by atoms with Gasteiger partial charge in [-0.3, -0.25) is 14.4 Å². The van der Waals surface area contributed by atoms with Crippen LogP contribution in [0.4, 0.5) is 0 Å². The highest BCUT2D eigenvalue weighted by Crippen LogP contribution is 2.23. The molecule has 0 bridgehead atoms. The number of carbonyl (C=O) groups excluding carboxylic acids is 3. The molecule has 0 spiro atoms. The molecule has 1 heterocycles. The smallest absolute Gasteiger partial charge is 0.325 e. The summed E-state index contributed by atoms with van der Waals surface area (Å²) in [7, 11) is 1.28. The fourth-order valence-corrected chi connectivity index (χ4v) is 3.33. The van der Waals surface area contributed by atoms with E-state index >= 15 is 0 Å². The van der Waals surface area contributed by atoms with Crippen LogP contribution in [0.1, 0.15) is 23.2 Å². The molecule has 1 atom stereocenters. The number of amides is 2. The van der Waals surface area contributed by atoms with Gasteiger partial charge in [0, 0.05) is 18.7 Å². The van der Waals surface area contributed by atoms with E-state index in [0.29, 0.717) is 25.1 Å². The van der Waals surface area contributed by atoms with Crippen molar-refractivity contribution in [3.05, 3.63) is 48.0 Å². The summed E-state index contributed by atoms with van der Waals surface area (Å²) in [5.74, 6) is -1.08. The number of fused-ring (bicyclic) bond motifs is 1. The Labute approximate surface area is 152 Å². The van der Waals surface area contributed by atoms with Gasteiger partial charge in [0.25, 0.3) is 5.91 Å². The minimum atomic E-state index is -0.488. The van der Waals surface area contributed by atoms with Gasteiger partial charge in [0.2, 0.25) is 5.91 Å². The number of nitrogens with one attached hydrogen (secondary N) is 1. The highest BCUT2D eigenvalue weighted by molar-refractivity contribution is 6.07.